The number of rotatable bonds is 9. The SMILES string of the molecule is CC(F)(F)CCC(NC(=O)[C@@H]1[C@@H]2[C@H](CN1C(=O)C(NC(=O)O)C(C)(C)C)C(C)(C)C2(C)C)C(=O)C(N)=O. The van der Waals surface area contributed by atoms with Crippen LogP contribution in [-0.4, -0.2) is 70.2 Å². The molecular weight excluding hydrogens is 490 g/mol. The number of ketones is 1. The molecule has 1 aliphatic carbocycles. The van der Waals surface area contributed by atoms with Crippen LogP contribution in [0.3, 0.4) is 0 Å². The molecule has 5 atom stereocenters. The van der Waals surface area contributed by atoms with Crippen molar-refractivity contribution in [2.45, 2.75) is 92.3 Å². The highest BCUT2D eigenvalue weighted by Crippen LogP contribution is 2.68. The van der Waals surface area contributed by atoms with Crippen molar-refractivity contribution in [1.29, 1.82) is 0 Å². The van der Waals surface area contributed by atoms with E-state index < -0.39 is 77.3 Å². The molecule has 1 saturated heterocycles. The second-order valence-electron chi connectivity index (χ2n) is 12.7. The van der Waals surface area contributed by atoms with Crippen molar-refractivity contribution < 1.29 is 37.9 Å². The van der Waals surface area contributed by atoms with Gasteiger partial charge in [-0.1, -0.05) is 48.5 Å². The topological polar surface area (TPSA) is 159 Å². The predicted octanol–water partition coefficient (Wildman–Crippen LogP) is 2.15. The van der Waals surface area contributed by atoms with Crippen LogP contribution in [0.2, 0.25) is 0 Å². The van der Waals surface area contributed by atoms with E-state index in [2.05, 4.69) is 10.6 Å². The molecule has 12 heteroatoms. The molecule has 2 fully saturated rings. The van der Waals surface area contributed by atoms with Crippen LogP contribution >= 0.6 is 0 Å². The average Bonchev–Trinajstić information content (AvgIpc) is 3.13. The van der Waals surface area contributed by atoms with Crippen LogP contribution in [0.5, 0.6) is 0 Å². The third kappa shape index (κ3) is 5.87. The normalized spacial score (nSPS) is 25.8. The predicted molar refractivity (Wildman–Crippen MR) is 130 cm³/mol. The molecule has 2 unspecified atom stereocenters. The fourth-order valence-electron chi connectivity index (χ4n) is 5.80. The van der Waals surface area contributed by atoms with Crippen molar-refractivity contribution in [3.63, 3.8) is 0 Å². The molecule has 2 rings (SSSR count). The number of fused-ring (bicyclic) bond motifs is 1. The van der Waals surface area contributed by atoms with Gasteiger partial charge in [0, 0.05) is 13.0 Å². The second kappa shape index (κ2) is 9.83. The zero-order valence-electron chi connectivity index (χ0n) is 22.8. The molecule has 0 spiro atoms. The second-order valence-corrected chi connectivity index (χ2v) is 12.7. The van der Waals surface area contributed by atoms with Crippen LogP contribution in [0.25, 0.3) is 0 Å². The number of halogens is 2. The van der Waals surface area contributed by atoms with Crippen molar-refractivity contribution in [3.05, 3.63) is 0 Å². The van der Waals surface area contributed by atoms with E-state index in [0.717, 1.165) is 0 Å². The molecule has 1 saturated carbocycles. The van der Waals surface area contributed by atoms with Crippen LogP contribution in [0.15, 0.2) is 0 Å². The quantitative estimate of drug-likeness (QED) is 0.334. The summed E-state index contributed by atoms with van der Waals surface area (Å²) >= 11 is 0. The molecule has 0 bridgehead atoms. The molecule has 2 aliphatic rings. The Balaban J connectivity index is 2.48. The fourth-order valence-corrected chi connectivity index (χ4v) is 5.80. The summed E-state index contributed by atoms with van der Waals surface area (Å²) in [7, 11) is 0. The minimum absolute atomic E-state index is 0.113. The number of nitrogens with two attached hydrogens (primary N) is 1. The highest BCUT2D eigenvalue weighted by atomic mass is 19.3. The summed E-state index contributed by atoms with van der Waals surface area (Å²) in [6.45, 7) is 13.9. The number of Topliss-reactive ketones (excluding diaryl/α,β-unsaturated/α-hetero) is 1. The molecular formula is C25H40F2N4O6. The molecule has 5 N–H and O–H groups in total. The summed E-state index contributed by atoms with van der Waals surface area (Å²) in [6, 6.07) is -3.87. The van der Waals surface area contributed by atoms with Gasteiger partial charge in [-0.05, 0) is 41.4 Å². The number of nitrogens with zero attached hydrogens (tertiary/aromatic N) is 1. The zero-order valence-corrected chi connectivity index (χ0v) is 22.8. The van der Waals surface area contributed by atoms with E-state index in [0.29, 0.717) is 6.92 Å². The molecule has 0 radical (unpaired) electrons. The molecule has 1 aliphatic heterocycles. The van der Waals surface area contributed by atoms with Crippen molar-refractivity contribution in [1.82, 2.24) is 15.5 Å². The average molecular weight is 531 g/mol. The van der Waals surface area contributed by atoms with Crippen molar-refractivity contribution in [3.8, 4) is 0 Å². The maximum atomic E-state index is 13.7. The van der Waals surface area contributed by atoms with Gasteiger partial charge in [-0.25, -0.2) is 13.6 Å². The summed E-state index contributed by atoms with van der Waals surface area (Å²) in [4.78, 5) is 64.2. The molecule has 37 heavy (non-hydrogen) atoms. The van der Waals surface area contributed by atoms with Crippen LogP contribution in [-0.2, 0) is 19.2 Å². The number of hydrogen-bond acceptors (Lipinski definition) is 5. The van der Waals surface area contributed by atoms with Gasteiger partial charge in [0.1, 0.15) is 12.1 Å². The Morgan fingerprint density at radius 3 is 2.00 bits per heavy atom. The van der Waals surface area contributed by atoms with Gasteiger partial charge in [-0.15, -0.1) is 0 Å². The van der Waals surface area contributed by atoms with Gasteiger partial charge >= 0.3 is 6.09 Å². The minimum atomic E-state index is -3.15. The number of carbonyl (C=O) groups is 5. The number of amides is 4. The number of likely N-dealkylation sites (tertiary alicyclic amines) is 1. The maximum Gasteiger partial charge on any atom is 0.405 e. The number of alkyl halides is 2. The van der Waals surface area contributed by atoms with E-state index in [1.165, 1.54) is 4.90 Å². The lowest BCUT2D eigenvalue weighted by Crippen LogP contribution is -2.64. The van der Waals surface area contributed by atoms with Gasteiger partial charge < -0.3 is 26.4 Å². The molecule has 1 heterocycles. The monoisotopic (exact) mass is 530 g/mol. The largest absolute Gasteiger partial charge is 0.465 e. The Kier molecular flexibility index (Phi) is 8.08. The molecule has 10 nitrogen and oxygen atoms in total. The van der Waals surface area contributed by atoms with E-state index in [4.69, 9.17) is 5.73 Å². The zero-order chi connectivity index (χ0) is 28.9. The summed E-state index contributed by atoms with van der Waals surface area (Å²) in [5, 5.41) is 14.0. The Labute approximate surface area is 216 Å². The van der Waals surface area contributed by atoms with E-state index in [-0.39, 0.29) is 23.8 Å². The summed E-state index contributed by atoms with van der Waals surface area (Å²) in [5.41, 5.74) is 3.54. The first kappa shape index (κ1) is 30.4. The van der Waals surface area contributed by atoms with Gasteiger partial charge in [0.25, 0.3) is 5.91 Å². The smallest absolute Gasteiger partial charge is 0.405 e. The molecule has 0 aromatic rings. The van der Waals surface area contributed by atoms with Crippen LogP contribution in [0.4, 0.5) is 13.6 Å². The standard InChI is InChI=1S/C25H40F2N4O6/c1-22(2,3)17(30-21(36)37)20(35)31-11-12-14(24(6,7)23(12,4)5)15(31)19(34)29-13(16(32)18(28)33)9-10-25(8,26)27/h12-15,17,30H,9-11H2,1-8H3,(H2,28,33)(H,29,34)(H,36,37)/t12-,13?,14-,15-,17?/m0/s1. The van der Waals surface area contributed by atoms with Gasteiger partial charge in [-0.3, -0.25) is 19.2 Å². The first-order valence-electron chi connectivity index (χ1n) is 12.4. The Morgan fingerprint density at radius 2 is 1.57 bits per heavy atom. The van der Waals surface area contributed by atoms with E-state index in [9.17, 15) is 37.9 Å². The third-order valence-corrected chi connectivity index (χ3v) is 8.60. The summed E-state index contributed by atoms with van der Waals surface area (Å²) in [6.07, 6.45) is -2.69. The maximum absolute atomic E-state index is 13.7. The number of nitrogens with one attached hydrogen (secondary N) is 2. The highest BCUT2D eigenvalue weighted by Gasteiger charge is 2.70. The minimum Gasteiger partial charge on any atom is -0.465 e. The van der Waals surface area contributed by atoms with E-state index in [1.807, 2.05) is 27.7 Å². The van der Waals surface area contributed by atoms with Crippen molar-refractivity contribution in [2.75, 3.05) is 6.54 Å². The van der Waals surface area contributed by atoms with E-state index in [1.54, 1.807) is 20.8 Å². The number of primary amides is 1. The summed E-state index contributed by atoms with van der Waals surface area (Å²) < 4.78 is 27.0. The van der Waals surface area contributed by atoms with Crippen LogP contribution in [0.1, 0.15) is 68.2 Å². The number of carbonyl (C=O) groups excluding carboxylic acids is 4. The third-order valence-electron chi connectivity index (χ3n) is 8.60. The van der Waals surface area contributed by atoms with Crippen LogP contribution < -0.4 is 16.4 Å². The molecule has 0 aromatic heterocycles. The Hall–Kier alpha value is -2.79. The summed E-state index contributed by atoms with van der Waals surface area (Å²) in [5.74, 6) is -7.57. The molecule has 210 valence electrons. The fraction of sp³-hybridized carbons (Fsp3) is 0.800. The van der Waals surface area contributed by atoms with Crippen molar-refractivity contribution in [2.24, 2.45) is 33.8 Å². The van der Waals surface area contributed by atoms with Crippen LogP contribution in [0, 0.1) is 28.1 Å². The van der Waals surface area contributed by atoms with Crippen molar-refractivity contribution >= 4 is 29.6 Å². The lowest BCUT2D eigenvalue weighted by molar-refractivity contribution is -0.162. The van der Waals surface area contributed by atoms with Gasteiger partial charge in [0.05, 0.1) is 6.04 Å². The van der Waals surface area contributed by atoms with E-state index >= 15 is 0 Å². The number of hydrogen-bond donors (Lipinski definition) is 4. The molecule has 4 amide bonds. The lowest BCUT2D eigenvalue weighted by Gasteiger charge is -2.63. The van der Waals surface area contributed by atoms with Gasteiger partial charge in [0.2, 0.25) is 23.5 Å². The molecule has 0 aromatic carbocycles. The van der Waals surface area contributed by atoms with Gasteiger partial charge in [0.15, 0.2) is 0 Å². The highest BCUT2D eigenvalue weighted by molar-refractivity contribution is 6.37. The Bertz CT molecular complexity index is 969. The Morgan fingerprint density at radius 1 is 1.03 bits per heavy atom. The first-order valence-corrected chi connectivity index (χ1v) is 12.4. The lowest BCUT2D eigenvalue weighted by atomic mass is 9.40. The van der Waals surface area contributed by atoms with Gasteiger partial charge in [-0.2, -0.15) is 0 Å². The first-order chi connectivity index (χ1) is 16.5. The number of carboxylic acid groups (broad SMARTS) is 1.